The Bertz CT molecular complexity index is 1070. The molecule has 27 heavy (non-hydrogen) atoms. The summed E-state index contributed by atoms with van der Waals surface area (Å²) in [6.07, 6.45) is 2.45. The summed E-state index contributed by atoms with van der Waals surface area (Å²) in [5.74, 6) is 0.612. The first-order valence-electron chi connectivity index (χ1n) is 8.43. The summed E-state index contributed by atoms with van der Waals surface area (Å²) in [7, 11) is 0. The van der Waals surface area contributed by atoms with Crippen LogP contribution in [-0.4, -0.2) is 10.7 Å². The molecule has 7 heteroatoms. The van der Waals surface area contributed by atoms with E-state index in [1.807, 2.05) is 28.6 Å². The van der Waals surface area contributed by atoms with Gasteiger partial charge in [-0.3, -0.25) is 0 Å². The number of benzene rings is 1. The van der Waals surface area contributed by atoms with E-state index in [0.717, 1.165) is 39.2 Å². The summed E-state index contributed by atoms with van der Waals surface area (Å²) < 4.78 is 18.8. The van der Waals surface area contributed by atoms with Gasteiger partial charge in [-0.15, -0.1) is 22.7 Å². The van der Waals surface area contributed by atoms with Gasteiger partial charge in [0.1, 0.15) is 17.6 Å². The normalized spacial score (nSPS) is 16.7. The van der Waals surface area contributed by atoms with E-state index >= 15 is 0 Å². The molecule has 1 aromatic carbocycles. The van der Waals surface area contributed by atoms with Crippen molar-refractivity contribution in [1.29, 1.82) is 0 Å². The highest BCUT2D eigenvalue weighted by Crippen LogP contribution is 2.39. The molecule has 0 spiro atoms. The van der Waals surface area contributed by atoms with E-state index in [0.29, 0.717) is 0 Å². The molecule has 5 rings (SSSR count). The van der Waals surface area contributed by atoms with Crippen LogP contribution in [0.1, 0.15) is 23.1 Å². The van der Waals surface area contributed by atoms with Crippen LogP contribution in [0.3, 0.4) is 0 Å². The zero-order valence-electron chi connectivity index (χ0n) is 14.1. The monoisotopic (exact) mass is 395 g/mol. The van der Waals surface area contributed by atoms with Crippen molar-refractivity contribution in [3.8, 4) is 11.3 Å². The maximum atomic E-state index is 13.2. The van der Waals surface area contributed by atoms with Gasteiger partial charge in [-0.2, -0.15) is 5.10 Å². The first-order valence-corrected chi connectivity index (χ1v) is 10.2. The molecule has 4 aromatic rings. The van der Waals surface area contributed by atoms with Gasteiger partial charge in [0.25, 0.3) is 0 Å². The Morgan fingerprint density at radius 3 is 2.70 bits per heavy atom. The van der Waals surface area contributed by atoms with E-state index in [4.69, 9.17) is 14.5 Å². The lowest BCUT2D eigenvalue weighted by atomic mass is 10.1. The number of hydrazone groups is 1. The molecule has 3 aromatic heterocycles. The van der Waals surface area contributed by atoms with Gasteiger partial charge in [-0.05, 0) is 47.8 Å². The number of furan rings is 1. The van der Waals surface area contributed by atoms with Crippen LogP contribution in [0.2, 0.25) is 0 Å². The van der Waals surface area contributed by atoms with Gasteiger partial charge < -0.3 is 4.42 Å². The predicted molar refractivity (Wildman–Crippen MR) is 107 cm³/mol. The lowest BCUT2D eigenvalue weighted by Crippen LogP contribution is -2.17. The van der Waals surface area contributed by atoms with Crippen LogP contribution in [0.15, 0.2) is 75.1 Å². The van der Waals surface area contributed by atoms with Crippen molar-refractivity contribution in [3.05, 3.63) is 82.0 Å². The van der Waals surface area contributed by atoms with E-state index in [-0.39, 0.29) is 11.9 Å². The molecule has 0 fully saturated rings. The molecule has 4 nitrogen and oxygen atoms in total. The van der Waals surface area contributed by atoms with E-state index in [1.165, 1.54) is 23.5 Å². The standard InChI is InChI=1S/C20H14FN3OS2/c21-14-7-5-13(6-8-14)16-12-27-20(22-16)24-17(18-3-1-9-25-18)11-15(23-24)19-4-2-10-26-19/h1-10,12,17H,11H2/t17-/m1/s1. The third-order valence-electron chi connectivity index (χ3n) is 4.42. The number of hydrogen-bond donors (Lipinski definition) is 0. The first kappa shape index (κ1) is 16.4. The topological polar surface area (TPSA) is 41.6 Å². The number of halogens is 1. The molecule has 1 atom stereocenters. The van der Waals surface area contributed by atoms with Crippen molar-refractivity contribution in [1.82, 2.24) is 4.98 Å². The minimum absolute atomic E-state index is 0.0238. The average molecular weight is 395 g/mol. The number of aromatic nitrogens is 1. The van der Waals surface area contributed by atoms with Gasteiger partial charge >= 0.3 is 0 Å². The molecule has 1 aliphatic rings. The van der Waals surface area contributed by atoms with Gasteiger partial charge in [-0.1, -0.05) is 6.07 Å². The van der Waals surface area contributed by atoms with Crippen molar-refractivity contribution in [2.45, 2.75) is 12.5 Å². The van der Waals surface area contributed by atoms with Crippen molar-refractivity contribution >= 4 is 33.5 Å². The van der Waals surface area contributed by atoms with Gasteiger partial charge in [0.2, 0.25) is 5.13 Å². The van der Waals surface area contributed by atoms with Crippen LogP contribution in [-0.2, 0) is 0 Å². The summed E-state index contributed by atoms with van der Waals surface area (Å²) in [4.78, 5) is 5.90. The fourth-order valence-electron chi connectivity index (χ4n) is 3.10. The Kier molecular flexibility index (Phi) is 4.10. The second kappa shape index (κ2) is 6.75. The molecule has 0 N–H and O–H groups in total. The molecule has 0 amide bonds. The van der Waals surface area contributed by atoms with Gasteiger partial charge in [0.15, 0.2) is 0 Å². The minimum atomic E-state index is -0.253. The van der Waals surface area contributed by atoms with Crippen molar-refractivity contribution in [2.75, 3.05) is 5.01 Å². The maximum absolute atomic E-state index is 13.2. The number of thiophene rings is 1. The first-order chi connectivity index (χ1) is 13.3. The molecule has 4 heterocycles. The summed E-state index contributed by atoms with van der Waals surface area (Å²) in [6.45, 7) is 0. The third-order valence-corrected chi connectivity index (χ3v) is 6.16. The highest BCUT2D eigenvalue weighted by atomic mass is 32.1. The van der Waals surface area contributed by atoms with Crippen LogP contribution in [0.4, 0.5) is 9.52 Å². The van der Waals surface area contributed by atoms with Gasteiger partial charge in [0.05, 0.1) is 22.5 Å². The second-order valence-electron chi connectivity index (χ2n) is 6.13. The molecule has 0 saturated heterocycles. The number of anilines is 1. The van der Waals surface area contributed by atoms with Gasteiger partial charge in [0, 0.05) is 17.4 Å². The Hall–Kier alpha value is -2.77. The van der Waals surface area contributed by atoms with Crippen LogP contribution in [0, 0.1) is 5.82 Å². The number of thiazole rings is 1. The van der Waals surface area contributed by atoms with E-state index in [9.17, 15) is 4.39 Å². The van der Waals surface area contributed by atoms with Crippen LogP contribution in [0.25, 0.3) is 11.3 Å². The fourth-order valence-corrected chi connectivity index (χ4v) is 4.66. The Morgan fingerprint density at radius 2 is 1.96 bits per heavy atom. The Morgan fingerprint density at radius 1 is 1.07 bits per heavy atom. The van der Waals surface area contributed by atoms with E-state index in [2.05, 4.69) is 11.4 Å². The quantitative estimate of drug-likeness (QED) is 0.428. The van der Waals surface area contributed by atoms with Crippen molar-refractivity contribution in [2.24, 2.45) is 5.10 Å². The number of rotatable bonds is 4. The maximum Gasteiger partial charge on any atom is 0.207 e. The van der Waals surface area contributed by atoms with Crippen LogP contribution in [0.5, 0.6) is 0 Å². The molecule has 134 valence electrons. The molecule has 0 aliphatic carbocycles. The summed E-state index contributed by atoms with van der Waals surface area (Å²) >= 11 is 3.20. The zero-order chi connectivity index (χ0) is 18.2. The second-order valence-corrected chi connectivity index (χ2v) is 7.91. The highest BCUT2D eigenvalue weighted by molar-refractivity contribution is 7.14. The van der Waals surface area contributed by atoms with E-state index < -0.39 is 0 Å². The number of nitrogens with zero attached hydrogens (tertiary/aromatic N) is 3. The molecular weight excluding hydrogens is 381 g/mol. The molecule has 0 bridgehead atoms. The van der Waals surface area contributed by atoms with Crippen LogP contribution >= 0.6 is 22.7 Å². The molecule has 0 radical (unpaired) electrons. The average Bonchev–Trinajstić information content (AvgIpc) is 3.49. The molecule has 0 saturated carbocycles. The summed E-state index contributed by atoms with van der Waals surface area (Å²) in [5.41, 5.74) is 2.73. The lowest BCUT2D eigenvalue weighted by molar-refractivity contribution is 0.465. The molecule has 0 unspecified atom stereocenters. The predicted octanol–water partition coefficient (Wildman–Crippen LogP) is 5.96. The number of hydrogen-bond acceptors (Lipinski definition) is 6. The van der Waals surface area contributed by atoms with Crippen LogP contribution < -0.4 is 5.01 Å². The van der Waals surface area contributed by atoms with Crippen molar-refractivity contribution < 1.29 is 8.81 Å². The molecule has 1 aliphatic heterocycles. The largest absolute Gasteiger partial charge is 0.467 e. The minimum Gasteiger partial charge on any atom is -0.467 e. The molecular formula is C20H14FN3OS2. The third kappa shape index (κ3) is 3.09. The summed E-state index contributed by atoms with van der Waals surface area (Å²) in [6, 6.07) is 14.3. The van der Waals surface area contributed by atoms with Gasteiger partial charge in [-0.25, -0.2) is 14.4 Å². The van der Waals surface area contributed by atoms with E-state index in [1.54, 1.807) is 29.7 Å². The Balaban J connectivity index is 1.51. The summed E-state index contributed by atoms with van der Waals surface area (Å²) in [5, 5.41) is 11.6. The zero-order valence-corrected chi connectivity index (χ0v) is 15.7. The SMILES string of the molecule is Fc1ccc(-c2csc(N3N=C(c4cccs4)C[C@@H]3c3ccco3)n2)cc1. The highest BCUT2D eigenvalue weighted by Gasteiger charge is 2.33. The smallest absolute Gasteiger partial charge is 0.207 e. The lowest BCUT2D eigenvalue weighted by Gasteiger charge is -2.18. The van der Waals surface area contributed by atoms with Crippen molar-refractivity contribution in [3.63, 3.8) is 0 Å². The Labute approximate surface area is 163 Å². The fraction of sp³-hybridized carbons (Fsp3) is 0.100.